The van der Waals surface area contributed by atoms with Gasteiger partial charge in [-0.3, -0.25) is 0 Å². The third-order valence-electron chi connectivity index (χ3n) is 3.02. The molecular weight excluding hydrogens is 260 g/mol. The van der Waals surface area contributed by atoms with E-state index in [1.54, 1.807) is 0 Å². The van der Waals surface area contributed by atoms with Crippen LogP contribution in [0.2, 0.25) is 0 Å². The van der Waals surface area contributed by atoms with Gasteiger partial charge in [0.2, 0.25) is 0 Å². The van der Waals surface area contributed by atoms with Crippen molar-refractivity contribution in [3.63, 3.8) is 0 Å². The third-order valence-corrected chi connectivity index (χ3v) is 3.02. The van der Waals surface area contributed by atoms with Crippen LogP contribution in [0, 0.1) is 11.6 Å². The maximum atomic E-state index is 13.5. The number of nitrogens with zero attached hydrogens (tertiary/aromatic N) is 1. The summed E-state index contributed by atoms with van der Waals surface area (Å²) >= 11 is 0. The highest BCUT2D eigenvalue weighted by Crippen LogP contribution is 2.17. The van der Waals surface area contributed by atoms with Gasteiger partial charge in [-0.1, -0.05) is 18.2 Å². The summed E-state index contributed by atoms with van der Waals surface area (Å²) in [7, 11) is 0. The summed E-state index contributed by atoms with van der Waals surface area (Å²) in [6, 6.07) is 11.9. The van der Waals surface area contributed by atoms with E-state index < -0.39 is 11.6 Å². The zero-order chi connectivity index (χ0) is 13.9. The van der Waals surface area contributed by atoms with Crippen LogP contribution in [-0.2, 0) is 6.42 Å². The molecule has 0 unspecified atom stereocenters. The van der Waals surface area contributed by atoms with Crippen LogP contribution in [0.4, 0.5) is 14.5 Å². The van der Waals surface area contributed by atoms with Crippen molar-refractivity contribution in [2.45, 2.75) is 6.42 Å². The summed E-state index contributed by atoms with van der Waals surface area (Å²) in [4.78, 5) is 7.08. The van der Waals surface area contributed by atoms with Gasteiger partial charge in [-0.05, 0) is 18.2 Å². The van der Waals surface area contributed by atoms with Crippen molar-refractivity contribution in [3.05, 3.63) is 59.9 Å². The smallest absolute Gasteiger partial charge is 0.153 e. The highest BCUT2D eigenvalue weighted by molar-refractivity contribution is 5.75. The third kappa shape index (κ3) is 2.61. The molecule has 0 bridgehead atoms. The molecule has 102 valence electrons. The molecular formula is C15H13F2N3. The largest absolute Gasteiger partial charge is 0.385 e. The number of benzene rings is 2. The van der Waals surface area contributed by atoms with Crippen LogP contribution in [0.1, 0.15) is 5.82 Å². The second-order valence-electron chi connectivity index (χ2n) is 4.51. The average molecular weight is 273 g/mol. The summed E-state index contributed by atoms with van der Waals surface area (Å²) in [5.41, 5.74) is 1.58. The van der Waals surface area contributed by atoms with Gasteiger partial charge in [0.1, 0.15) is 17.2 Å². The van der Waals surface area contributed by atoms with Crippen molar-refractivity contribution in [1.82, 2.24) is 9.97 Å². The molecule has 3 rings (SSSR count). The minimum Gasteiger partial charge on any atom is -0.385 e. The molecule has 0 amide bonds. The first kappa shape index (κ1) is 12.6. The number of aromatic nitrogens is 2. The molecule has 0 radical (unpaired) electrons. The fourth-order valence-corrected chi connectivity index (χ4v) is 2.09. The van der Waals surface area contributed by atoms with Crippen molar-refractivity contribution >= 4 is 16.7 Å². The molecule has 0 atom stereocenters. The second kappa shape index (κ2) is 5.28. The van der Waals surface area contributed by atoms with E-state index >= 15 is 0 Å². The fourth-order valence-electron chi connectivity index (χ4n) is 2.09. The van der Waals surface area contributed by atoms with Gasteiger partial charge < -0.3 is 10.3 Å². The Hall–Kier alpha value is -2.43. The average Bonchev–Trinajstić information content (AvgIpc) is 2.83. The Morgan fingerprint density at radius 2 is 1.90 bits per heavy atom. The highest BCUT2D eigenvalue weighted by Gasteiger charge is 2.09. The minimum atomic E-state index is -0.640. The lowest BCUT2D eigenvalue weighted by molar-refractivity contribution is 0.590. The maximum Gasteiger partial charge on any atom is 0.153 e. The van der Waals surface area contributed by atoms with E-state index in [0.29, 0.717) is 24.3 Å². The molecule has 2 aromatic carbocycles. The highest BCUT2D eigenvalue weighted by atomic mass is 19.1. The predicted molar refractivity (Wildman–Crippen MR) is 74.6 cm³/mol. The summed E-state index contributed by atoms with van der Waals surface area (Å²) < 4.78 is 26.6. The van der Waals surface area contributed by atoms with Crippen molar-refractivity contribution in [1.29, 1.82) is 0 Å². The molecule has 0 aliphatic heterocycles. The van der Waals surface area contributed by atoms with Crippen molar-refractivity contribution in [3.8, 4) is 0 Å². The van der Waals surface area contributed by atoms with E-state index in [-0.39, 0.29) is 5.52 Å². The Kier molecular flexibility index (Phi) is 3.33. The van der Waals surface area contributed by atoms with E-state index in [0.717, 1.165) is 11.8 Å². The zero-order valence-electron chi connectivity index (χ0n) is 10.7. The topological polar surface area (TPSA) is 40.7 Å². The zero-order valence-corrected chi connectivity index (χ0v) is 10.7. The van der Waals surface area contributed by atoms with E-state index in [4.69, 9.17) is 0 Å². The van der Waals surface area contributed by atoms with Gasteiger partial charge in [0.15, 0.2) is 5.82 Å². The lowest BCUT2D eigenvalue weighted by atomic mass is 10.3. The van der Waals surface area contributed by atoms with Gasteiger partial charge in [-0.25, -0.2) is 13.8 Å². The summed E-state index contributed by atoms with van der Waals surface area (Å²) in [6.07, 6.45) is 0.602. The minimum absolute atomic E-state index is 0.182. The second-order valence-corrected chi connectivity index (χ2v) is 4.51. The molecule has 0 saturated carbocycles. The lowest BCUT2D eigenvalue weighted by Crippen LogP contribution is -2.05. The Morgan fingerprint density at radius 1 is 1.10 bits per heavy atom. The molecule has 3 aromatic rings. The number of rotatable bonds is 4. The monoisotopic (exact) mass is 273 g/mol. The normalized spacial score (nSPS) is 10.9. The van der Waals surface area contributed by atoms with Gasteiger partial charge in [0.25, 0.3) is 0 Å². The van der Waals surface area contributed by atoms with Crippen LogP contribution >= 0.6 is 0 Å². The maximum absolute atomic E-state index is 13.5. The molecule has 0 aliphatic rings. The first-order valence-electron chi connectivity index (χ1n) is 6.35. The Bertz CT molecular complexity index is 723. The SMILES string of the molecule is Fc1cc(F)c2nc(CCNc3ccccc3)[nH]c2c1. The van der Waals surface area contributed by atoms with Gasteiger partial charge in [-0.15, -0.1) is 0 Å². The van der Waals surface area contributed by atoms with Gasteiger partial charge in [0.05, 0.1) is 5.52 Å². The summed E-state index contributed by atoms with van der Waals surface area (Å²) in [6.45, 7) is 0.661. The molecule has 1 aromatic heterocycles. The van der Waals surface area contributed by atoms with E-state index in [1.807, 2.05) is 30.3 Å². The van der Waals surface area contributed by atoms with Crippen LogP contribution in [0.25, 0.3) is 11.0 Å². The van der Waals surface area contributed by atoms with Crippen LogP contribution < -0.4 is 5.32 Å². The molecule has 1 heterocycles. The number of hydrogen-bond donors (Lipinski definition) is 2. The number of hydrogen-bond acceptors (Lipinski definition) is 2. The standard InChI is InChI=1S/C15H13F2N3/c16-10-8-12(17)15-13(9-10)19-14(20-15)6-7-18-11-4-2-1-3-5-11/h1-5,8-9,18H,6-7H2,(H,19,20). The Morgan fingerprint density at radius 3 is 2.70 bits per heavy atom. The number of nitrogens with one attached hydrogen (secondary N) is 2. The number of fused-ring (bicyclic) bond motifs is 1. The van der Waals surface area contributed by atoms with Crippen LogP contribution in [-0.4, -0.2) is 16.5 Å². The van der Waals surface area contributed by atoms with Gasteiger partial charge in [-0.2, -0.15) is 0 Å². The van der Waals surface area contributed by atoms with Crippen LogP contribution in [0.15, 0.2) is 42.5 Å². The van der Waals surface area contributed by atoms with Crippen molar-refractivity contribution < 1.29 is 8.78 Å². The van der Waals surface area contributed by atoms with E-state index in [1.165, 1.54) is 6.07 Å². The molecule has 3 nitrogen and oxygen atoms in total. The molecule has 5 heteroatoms. The Balaban J connectivity index is 1.70. The van der Waals surface area contributed by atoms with Gasteiger partial charge >= 0.3 is 0 Å². The lowest BCUT2D eigenvalue weighted by Gasteiger charge is -2.03. The predicted octanol–water partition coefficient (Wildman–Crippen LogP) is 3.50. The Labute approximate surface area is 114 Å². The van der Waals surface area contributed by atoms with Crippen LogP contribution in [0.3, 0.4) is 0 Å². The van der Waals surface area contributed by atoms with Crippen molar-refractivity contribution in [2.75, 3.05) is 11.9 Å². The summed E-state index contributed by atoms with van der Waals surface area (Å²) in [5.74, 6) is -0.612. The molecule has 0 fully saturated rings. The number of anilines is 1. The first-order valence-corrected chi connectivity index (χ1v) is 6.35. The first-order chi connectivity index (χ1) is 9.72. The number of halogens is 2. The molecule has 0 aliphatic carbocycles. The van der Waals surface area contributed by atoms with E-state index in [9.17, 15) is 8.78 Å². The fraction of sp³-hybridized carbons (Fsp3) is 0.133. The van der Waals surface area contributed by atoms with Crippen LogP contribution in [0.5, 0.6) is 0 Å². The summed E-state index contributed by atoms with van der Waals surface area (Å²) in [5, 5.41) is 3.24. The number of H-pyrrole nitrogens is 1. The van der Waals surface area contributed by atoms with E-state index in [2.05, 4.69) is 15.3 Å². The molecule has 20 heavy (non-hydrogen) atoms. The molecule has 0 spiro atoms. The van der Waals surface area contributed by atoms with Gasteiger partial charge in [0, 0.05) is 24.7 Å². The van der Waals surface area contributed by atoms with Crippen molar-refractivity contribution in [2.24, 2.45) is 0 Å². The molecule has 0 saturated heterocycles. The molecule has 2 N–H and O–H groups in total. The quantitative estimate of drug-likeness (QED) is 0.764. The number of imidazole rings is 1. The number of para-hydroxylation sites is 1. The number of aromatic amines is 1.